The number of benzene rings is 2. The first kappa shape index (κ1) is 17.0. The number of nitro groups is 1. The van der Waals surface area contributed by atoms with Gasteiger partial charge in [0, 0.05) is 37.5 Å². The van der Waals surface area contributed by atoms with E-state index in [1.807, 2.05) is 47.2 Å². The molecule has 0 saturated heterocycles. The Labute approximate surface area is 150 Å². The average Bonchev–Trinajstić information content (AvgIpc) is 3.02. The highest BCUT2D eigenvalue weighted by molar-refractivity contribution is 6.33. The Morgan fingerprint density at radius 3 is 2.64 bits per heavy atom. The van der Waals surface area contributed by atoms with Crippen LogP contribution in [0.2, 0.25) is 5.02 Å². The van der Waals surface area contributed by atoms with Crippen molar-refractivity contribution >= 4 is 23.0 Å². The van der Waals surface area contributed by atoms with Gasteiger partial charge in [-0.1, -0.05) is 41.9 Å². The molecule has 0 aliphatic carbocycles. The highest BCUT2D eigenvalue weighted by Crippen LogP contribution is 2.29. The fourth-order valence-corrected chi connectivity index (χ4v) is 2.94. The van der Waals surface area contributed by atoms with Crippen LogP contribution in [0.1, 0.15) is 11.1 Å². The van der Waals surface area contributed by atoms with E-state index in [0.717, 1.165) is 11.3 Å². The second kappa shape index (κ2) is 7.36. The highest BCUT2D eigenvalue weighted by atomic mass is 35.5. The number of nitrogens with zero attached hydrogens (tertiary/aromatic N) is 4. The summed E-state index contributed by atoms with van der Waals surface area (Å²) in [4.78, 5) is 12.3. The minimum atomic E-state index is -0.455. The second-order valence-corrected chi connectivity index (χ2v) is 6.19. The van der Waals surface area contributed by atoms with Crippen molar-refractivity contribution in [3.05, 3.63) is 87.2 Å². The van der Waals surface area contributed by atoms with Crippen LogP contribution in [0.15, 0.2) is 60.9 Å². The van der Waals surface area contributed by atoms with Crippen molar-refractivity contribution in [1.82, 2.24) is 9.78 Å². The van der Waals surface area contributed by atoms with E-state index in [-0.39, 0.29) is 5.69 Å². The Morgan fingerprint density at radius 2 is 1.96 bits per heavy atom. The quantitative estimate of drug-likeness (QED) is 0.492. The number of halogens is 1. The first-order valence-electron chi connectivity index (χ1n) is 7.73. The molecule has 0 amide bonds. The summed E-state index contributed by atoms with van der Waals surface area (Å²) >= 11 is 6.18. The lowest BCUT2D eigenvalue weighted by molar-refractivity contribution is -0.384. The molecule has 1 heterocycles. The van der Waals surface area contributed by atoms with Gasteiger partial charge in [-0.3, -0.25) is 14.8 Å². The summed E-state index contributed by atoms with van der Waals surface area (Å²) in [6.07, 6.45) is 3.81. The molecule has 7 heteroatoms. The van der Waals surface area contributed by atoms with Crippen LogP contribution in [-0.2, 0) is 13.1 Å². The van der Waals surface area contributed by atoms with E-state index in [4.69, 9.17) is 11.6 Å². The topological polar surface area (TPSA) is 64.2 Å². The lowest BCUT2D eigenvalue weighted by Crippen LogP contribution is -2.16. The van der Waals surface area contributed by atoms with Gasteiger partial charge in [0.2, 0.25) is 0 Å². The summed E-state index contributed by atoms with van der Waals surface area (Å²) in [6, 6.07) is 14.6. The second-order valence-electron chi connectivity index (χ2n) is 5.78. The zero-order chi connectivity index (χ0) is 17.8. The molecule has 0 aliphatic heterocycles. The molecule has 128 valence electrons. The maximum absolute atomic E-state index is 10.8. The van der Waals surface area contributed by atoms with Crippen LogP contribution in [0.5, 0.6) is 0 Å². The number of non-ortho nitro benzene ring substituents is 1. The fourth-order valence-electron chi connectivity index (χ4n) is 2.62. The van der Waals surface area contributed by atoms with Crippen molar-refractivity contribution in [2.75, 3.05) is 11.9 Å². The van der Waals surface area contributed by atoms with Gasteiger partial charge < -0.3 is 4.90 Å². The zero-order valence-electron chi connectivity index (χ0n) is 13.7. The number of hydrogen-bond acceptors (Lipinski definition) is 4. The summed E-state index contributed by atoms with van der Waals surface area (Å²) in [5, 5.41) is 15.5. The standard InChI is InChI=1S/C18H17ClN4O2/c1-21(18-8-7-16(23(24)25)9-17(18)19)11-15-10-20-22(13-15)12-14-5-3-2-4-6-14/h2-10,13H,11-12H2,1H3. The smallest absolute Gasteiger partial charge is 0.271 e. The van der Waals surface area contributed by atoms with Crippen LogP contribution in [0.3, 0.4) is 0 Å². The molecule has 0 bridgehead atoms. The van der Waals surface area contributed by atoms with Crippen molar-refractivity contribution in [3.8, 4) is 0 Å². The van der Waals surface area contributed by atoms with Crippen LogP contribution in [-0.4, -0.2) is 21.8 Å². The van der Waals surface area contributed by atoms with Crippen molar-refractivity contribution in [2.24, 2.45) is 0 Å². The molecule has 6 nitrogen and oxygen atoms in total. The van der Waals surface area contributed by atoms with Gasteiger partial charge in [0.15, 0.2) is 0 Å². The normalized spacial score (nSPS) is 10.6. The summed E-state index contributed by atoms with van der Waals surface area (Å²) in [5.74, 6) is 0. The van der Waals surface area contributed by atoms with Gasteiger partial charge in [-0.05, 0) is 11.6 Å². The Hall–Kier alpha value is -2.86. The van der Waals surface area contributed by atoms with E-state index in [1.165, 1.54) is 17.7 Å². The molecule has 0 N–H and O–H groups in total. The van der Waals surface area contributed by atoms with E-state index < -0.39 is 4.92 Å². The maximum atomic E-state index is 10.8. The Balaban J connectivity index is 1.69. The van der Waals surface area contributed by atoms with Gasteiger partial charge in [-0.2, -0.15) is 5.10 Å². The monoisotopic (exact) mass is 356 g/mol. The first-order valence-corrected chi connectivity index (χ1v) is 8.11. The highest BCUT2D eigenvalue weighted by Gasteiger charge is 2.13. The van der Waals surface area contributed by atoms with Crippen molar-refractivity contribution in [1.29, 1.82) is 0 Å². The SMILES string of the molecule is CN(Cc1cnn(Cc2ccccc2)c1)c1ccc([N+](=O)[O-])cc1Cl. The lowest BCUT2D eigenvalue weighted by atomic mass is 10.2. The largest absolute Gasteiger partial charge is 0.369 e. The van der Waals surface area contributed by atoms with E-state index in [1.54, 1.807) is 6.07 Å². The third kappa shape index (κ3) is 4.16. The molecule has 0 spiro atoms. The molecule has 3 aromatic rings. The van der Waals surface area contributed by atoms with Gasteiger partial charge in [-0.25, -0.2) is 0 Å². The van der Waals surface area contributed by atoms with Gasteiger partial charge in [0.25, 0.3) is 5.69 Å². The summed E-state index contributed by atoms with van der Waals surface area (Å²) in [5.41, 5.74) is 2.94. The third-order valence-electron chi connectivity index (χ3n) is 3.85. The van der Waals surface area contributed by atoms with Crippen molar-refractivity contribution < 1.29 is 4.92 Å². The van der Waals surface area contributed by atoms with Crippen molar-refractivity contribution in [3.63, 3.8) is 0 Å². The zero-order valence-corrected chi connectivity index (χ0v) is 14.4. The number of nitro benzene ring substituents is 1. The summed E-state index contributed by atoms with van der Waals surface area (Å²) in [7, 11) is 1.89. The minimum Gasteiger partial charge on any atom is -0.369 e. The number of hydrogen-bond donors (Lipinski definition) is 0. The molecule has 1 aromatic heterocycles. The molecule has 0 atom stereocenters. The number of aromatic nitrogens is 2. The van der Waals surface area contributed by atoms with E-state index in [0.29, 0.717) is 18.1 Å². The third-order valence-corrected chi connectivity index (χ3v) is 4.15. The van der Waals surface area contributed by atoms with Crippen LogP contribution in [0.4, 0.5) is 11.4 Å². The Morgan fingerprint density at radius 1 is 1.20 bits per heavy atom. The van der Waals surface area contributed by atoms with Gasteiger partial charge >= 0.3 is 0 Å². The van der Waals surface area contributed by atoms with E-state index in [2.05, 4.69) is 17.2 Å². The molecule has 0 unspecified atom stereocenters. The maximum Gasteiger partial charge on any atom is 0.271 e. The Kier molecular flexibility index (Phi) is 5.00. The van der Waals surface area contributed by atoms with Crippen LogP contribution >= 0.6 is 11.6 Å². The van der Waals surface area contributed by atoms with Gasteiger partial charge in [-0.15, -0.1) is 0 Å². The molecular formula is C18H17ClN4O2. The number of anilines is 1. The summed E-state index contributed by atoms with van der Waals surface area (Å²) < 4.78 is 1.88. The minimum absolute atomic E-state index is 0.0159. The lowest BCUT2D eigenvalue weighted by Gasteiger charge is -2.19. The first-order chi connectivity index (χ1) is 12.0. The fraction of sp³-hybridized carbons (Fsp3) is 0.167. The molecule has 0 saturated carbocycles. The van der Waals surface area contributed by atoms with Crippen LogP contribution in [0.25, 0.3) is 0 Å². The average molecular weight is 357 g/mol. The van der Waals surface area contributed by atoms with Gasteiger partial charge in [0.05, 0.1) is 28.4 Å². The summed E-state index contributed by atoms with van der Waals surface area (Å²) in [6.45, 7) is 1.31. The molecule has 0 fully saturated rings. The molecule has 0 aliphatic rings. The molecule has 2 aromatic carbocycles. The molecule has 25 heavy (non-hydrogen) atoms. The van der Waals surface area contributed by atoms with E-state index in [9.17, 15) is 10.1 Å². The Bertz CT molecular complexity index is 880. The molecule has 3 rings (SSSR count). The van der Waals surface area contributed by atoms with Crippen molar-refractivity contribution in [2.45, 2.75) is 13.1 Å². The van der Waals surface area contributed by atoms with Crippen LogP contribution in [0, 0.1) is 10.1 Å². The predicted octanol–water partition coefficient (Wildman–Crippen LogP) is 4.13. The van der Waals surface area contributed by atoms with E-state index >= 15 is 0 Å². The van der Waals surface area contributed by atoms with Crippen LogP contribution < -0.4 is 4.90 Å². The molecular weight excluding hydrogens is 340 g/mol. The molecule has 0 radical (unpaired) electrons. The predicted molar refractivity (Wildman–Crippen MR) is 98.0 cm³/mol. The number of rotatable bonds is 6. The van der Waals surface area contributed by atoms with Gasteiger partial charge in [0.1, 0.15) is 0 Å².